The lowest BCUT2D eigenvalue weighted by Crippen LogP contribution is -2.28. The van der Waals surface area contributed by atoms with Crippen LogP contribution in [0.15, 0.2) is 23.4 Å². The number of nitrogens with zero attached hydrogens (tertiary/aromatic N) is 1. The maximum Gasteiger partial charge on any atom is 0.260 e. The molecule has 0 amide bonds. The Bertz CT molecular complexity index is 492. The Balaban J connectivity index is 2.81. The van der Waals surface area contributed by atoms with E-state index in [1.807, 2.05) is 0 Å². The number of hydrogen-bond acceptors (Lipinski definition) is 4. The first-order chi connectivity index (χ1) is 8.26. The van der Waals surface area contributed by atoms with Gasteiger partial charge in [0.05, 0.1) is 5.69 Å². The molecule has 0 aromatic carbocycles. The van der Waals surface area contributed by atoms with Crippen molar-refractivity contribution >= 4 is 15.7 Å². The second kappa shape index (κ2) is 5.67. The molecule has 0 spiro atoms. The molecule has 5 nitrogen and oxygen atoms in total. The second-order valence-corrected chi connectivity index (χ2v) is 7.00. The SMILES string of the molecule is CNc1cccnc1S(=O)(=O)NCCC(C)(C)C. The molecule has 2 N–H and O–H groups in total. The Kier molecular flexibility index (Phi) is 4.70. The Morgan fingerprint density at radius 2 is 2.00 bits per heavy atom. The quantitative estimate of drug-likeness (QED) is 0.857. The molecule has 0 unspecified atom stereocenters. The van der Waals surface area contributed by atoms with Crippen LogP contribution < -0.4 is 10.0 Å². The number of nitrogens with one attached hydrogen (secondary N) is 2. The van der Waals surface area contributed by atoms with Gasteiger partial charge in [0.2, 0.25) is 0 Å². The van der Waals surface area contributed by atoms with E-state index in [2.05, 4.69) is 35.8 Å². The number of rotatable bonds is 5. The summed E-state index contributed by atoms with van der Waals surface area (Å²) in [5, 5.41) is 2.87. The highest BCUT2D eigenvalue weighted by Crippen LogP contribution is 2.19. The fourth-order valence-corrected chi connectivity index (χ4v) is 2.59. The lowest BCUT2D eigenvalue weighted by Gasteiger charge is -2.18. The highest BCUT2D eigenvalue weighted by molar-refractivity contribution is 7.89. The maximum absolute atomic E-state index is 12.1. The van der Waals surface area contributed by atoms with Gasteiger partial charge in [-0.3, -0.25) is 0 Å². The normalized spacial score (nSPS) is 12.4. The molecule has 0 fully saturated rings. The van der Waals surface area contributed by atoms with Crippen LogP contribution in [0.1, 0.15) is 27.2 Å². The van der Waals surface area contributed by atoms with Crippen molar-refractivity contribution in [2.45, 2.75) is 32.2 Å². The Hall–Kier alpha value is -1.14. The number of pyridine rings is 1. The third-order valence-corrected chi connectivity index (χ3v) is 3.88. The van der Waals surface area contributed by atoms with Crippen molar-refractivity contribution in [1.29, 1.82) is 0 Å². The molecule has 1 heterocycles. The average Bonchev–Trinajstić information content (AvgIpc) is 2.27. The molecular formula is C12H21N3O2S. The molecule has 1 aromatic heterocycles. The molecule has 18 heavy (non-hydrogen) atoms. The predicted molar refractivity (Wildman–Crippen MR) is 73.0 cm³/mol. The van der Waals surface area contributed by atoms with Gasteiger partial charge in [-0.05, 0) is 24.0 Å². The molecule has 0 atom stereocenters. The van der Waals surface area contributed by atoms with Gasteiger partial charge in [-0.1, -0.05) is 20.8 Å². The molecule has 6 heteroatoms. The van der Waals surface area contributed by atoms with Crippen LogP contribution in [0.25, 0.3) is 0 Å². The van der Waals surface area contributed by atoms with E-state index in [9.17, 15) is 8.42 Å². The van der Waals surface area contributed by atoms with E-state index < -0.39 is 10.0 Å². The summed E-state index contributed by atoms with van der Waals surface area (Å²) in [5.74, 6) is 0. The van der Waals surface area contributed by atoms with Crippen LogP contribution in [-0.2, 0) is 10.0 Å². The van der Waals surface area contributed by atoms with Crippen LogP contribution in [0.3, 0.4) is 0 Å². The summed E-state index contributed by atoms with van der Waals surface area (Å²) in [6.45, 7) is 6.62. The Morgan fingerprint density at radius 3 is 2.56 bits per heavy atom. The molecule has 0 saturated heterocycles. The minimum atomic E-state index is -3.55. The van der Waals surface area contributed by atoms with Crippen LogP contribution in [0.2, 0.25) is 0 Å². The number of aromatic nitrogens is 1. The third kappa shape index (κ3) is 4.27. The molecule has 0 aliphatic carbocycles. The topological polar surface area (TPSA) is 71.1 Å². The summed E-state index contributed by atoms with van der Waals surface area (Å²) in [7, 11) is -1.88. The van der Waals surface area contributed by atoms with Crippen LogP contribution >= 0.6 is 0 Å². The standard InChI is InChI=1S/C12H21N3O2S/c1-12(2,3)7-9-15-18(16,17)11-10(13-4)6-5-8-14-11/h5-6,8,13,15H,7,9H2,1-4H3. The second-order valence-electron chi connectivity index (χ2n) is 5.31. The van der Waals surface area contributed by atoms with E-state index in [4.69, 9.17) is 0 Å². The fourth-order valence-electron chi connectivity index (χ4n) is 1.42. The molecule has 0 radical (unpaired) electrons. The zero-order valence-corrected chi connectivity index (χ0v) is 12.1. The first-order valence-corrected chi connectivity index (χ1v) is 7.37. The van der Waals surface area contributed by atoms with Crippen LogP contribution in [0.4, 0.5) is 5.69 Å². The van der Waals surface area contributed by atoms with Crippen LogP contribution in [0.5, 0.6) is 0 Å². The molecule has 0 aliphatic rings. The molecule has 1 aromatic rings. The van der Waals surface area contributed by atoms with Crippen molar-refractivity contribution in [2.75, 3.05) is 18.9 Å². The number of hydrogen-bond donors (Lipinski definition) is 2. The van der Waals surface area contributed by atoms with Gasteiger partial charge in [-0.2, -0.15) is 0 Å². The van der Waals surface area contributed by atoms with Crippen molar-refractivity contribution in [3.63, 3.8) is 0 Å². The van der Waals surface area contributed by atoms with Gasteiger partial charge >= 0.3 is 0 Å². The third-order valence-electron chi connectivity index (χ3n) is 2.46. The molecule has 0 aliphatic heterocycles. The van der Waals surface area contributed by atoms with Gasteiger partial charge < -0.3 is 5.32 Å². The Morgan fingerprint density at radius 1 is 1.33 bits per heavy atom. The van der Waals surface area contributed by atoms with E-state index in [0.29, 0.717) is 12.2 Å². The van der Waals surface area contributed by atoms with Crippen LogP contribution in [-0.4, -0.2) is 27.0 Å². The van der Waals surface area contributed by atoms with Gasteiger partial charge in [-0.25, -0.2) is 18.1 Å². The van der Waals surface area contributed by atoms with Gasteiger partial charge in [-0.15, -0.1) is 0 Å². The van der Waals surface area contributed by atoms with Gasteiger partial charge in [0, 0.05) is 19.8 Å². The lowest BCUT2D eigenvalue weighted by atomic mass is 9.93. The largest absolute Gasteiger partial charge is 0.386 e. The summed E-state index contributed by atoms with van der Waals surface area (Å²) in [4.78, 5) is 3.92. The maximum atomic E-state index is 12.1. The molecule has 102 valence electrons. The zero-order chi connectivity index (χ0) is 13.8. The molecular weight excluding hydrogens is 250 g/mol. The monoisotopic (exact) mass is 271 g/mol. The van der Waals surface area contributed by atoms with E-state index in [1.165, 1.54) is 6.20 Å². The van der Waals surface area contributed by atoms with Crippen molar-refractivity contribution in [2.24, 2.45) is 5.41 Å². The molecule has 0 bridgehead atoms. The molecule has 0 saturated carbocycles. The highest BCUT2D eigenvalue weighted by Gasteiger charge is 2.20. The smallest absolute Gasteiger partial charge is 0.260 e. The Labute approximate surface area is 109 Å². The van der Waals surface area contributed by atoms with Gasteiger partial charge in [0.1, 0.15) is 0 Å². The van der Waals surface area contributed by atoms with E-state index in [-0.39, 0.29) is 10.4 Å². The number of anilines is 1. The van der Waals surface area contributed by atoms with Crippen LogP contribution in [0, 0.1) is 5.41 Å². The van der Waals surface area contributed by atoms with E-state index in [1.54, 1.807) is 19.2 Å². The summed E-state index contributed by atoms with van der Waals surface area (Å²) >= 11 is 0. The van der Waals surface area contributed by atoms with Gasteiger partial charge in [0.25, 0.3) is 10.0 Å². The van der Waals surface area contributed by atoms with E-state index >= 15 is 0 Å². The zero-order valence-electron chi connectivity index (χ0n) is 11.3. The lowest BCUT2D eigenvalue weighted by molar-refractivity contribution is 0.378. The average molecular weight is 271 g/mol. The highest BCUT2D eigenvalue weighted by atomic mass is 32.2. The van der Waals surface area contributed by atoms with Gasteiger partial charge in [0.15, 0.2) is 5.03 Å². The first-order valence-electron chi connectivity index (χ1n) is 5.89. The summed E-state index contributed by atoms with van der Waals surface area (Å²) in [6.07, 6.45) is 2.24. The predicted octanol–water partition coefficient (Wildman–Crippen LogP) is 1.84. The first kappa shape index (κ1) is 14.9. The van der Waals surface area contributed by atoms with Crippen molar-refractivity contribution in [3.05, 3.63) is 18.3 Å². The van der Waals surface area contributed by atoms with Crippen molar-refractivity contribution in [1.82, 2.24) is 9.71 Å². The molecule has 1 rings (SSSR count). The summed E-state index contributed by atoms with van der Waals surface area (Å²) in [6, 6.07) is 3.38. The minimum Gasteiger partial charge on any atom is -0.386 e. The summed E-state index contributed by atoms with van der Waals surface area (Å²) < 4.78 is 26.7. The minimum absolute atomic E-state index is 0.0430. The van der Waals surface area contributed by atoms with E-state index in [0.717, 1.165) is 6.42 Å². The fraction of sp³-hybridized carbons (Fsp3) is 0.583. The van der Waals surface area contributed by atoms with Crippen molar-refractivity contribution in [3.8, 4) is 0 Å². The van der Waals surface area contributed by atoms with Crippen molar-refractivity contribution < 1.29 is 8.42 Å². The summed E-state index contributed by atoms with van der Waals surface area (Å²) in [5.41, 5.74) is 0.596. The number of sulfonamides is 1.